The normalized spacial score (nSPS) is 11.8. The van der Waals surface area contributed by atoms with E-state index < -0.39 is 0 Å². The number of nitrogens with zero attached hydrogens (tertiary/aromatic N) is 2. The number of anilines is 1. The van der Waals surface area contributed by atoms with Crippen molar-refractivity contribution in [3.63, 3.8) is 0 Å². The van der Waals surface area contributed by atoms with Crippen molar-refractivity contribution >= 4 is 34.2 Å². The van der Waals surface area contributed by atoms with Gasteiger partial charge in [-0.2, -0.15) is 5.10 Å². The predicted octanol–water partition coefficient (Wildman–Crippen LogP) is 2.91. The number of hydrogen-bond donors (Lipinski definition) is 2. The average Bonchev–Trinajstić information content (AvgIpc) is 2.38. The summed E-state index contributed by atoms with van der Waals surface area (Å²) in [6, 6.07) is 11.3. The Morgan fingerprint density at radius 2 is 2.15 bits per heavy atom. The summed E-state index contributed by atoms with van der Waals surface area (Å²) in [6.45, 7) is 1.75. The highest BCUT2D eigenvalue weighted by molar-refractivity contribution is 9.12. The van der Waals surface area contributed by atoms with Crippen molar-refractivity contribution in [2.75, 3.05) is 5.43 Å². The largest absolute Gasteiger partial charge is 0.291 e. The molecule has 1 aromatic carbocycles. The Labute approximate surface area is 124 Å². The number of rotatable bonds is 4. The van der Waals surface area contributed by atoms with Crippen LogP contribution in [-0.4, -0.2) is 16.2 Å². The quantitative estimate of drug-likeness (QED) is 0.668. The molecule has 0 aliphatic rings. The summed E-state index contributed by atoms with van der Waals surface area (Å²) in [5.74, 6) is 0.311. The van der Waals surface area contributed by atoms with Gasteiger partial charge in [-0.25, -0.2) is 10.4 Å². The minimum atomic E-state index is -0.214. The molecule has 0 fully saturated rings. The Morgan fingerprint density at radius 3 is 2.85 bits per heavy atom. The fraction of sp³-hybridized carbons (Fsp3) is 0.0714. The molecule has 6 heteroatoms. The number of aromatic amines is 1. The van der Waals surface area contributed by atoms with Crippen molar-refractivity contribution in [1.82, 2.24) is 9.97 Å². The molecule has 2 rings (SSSR count). The first-order valence-electron chi connectivity index (χ1n) is 5.93. The molecule has 0 bridgehead atoms. The third-order valence-corrected chi connectivity index (χ3v) is 2.77. The van der Waals surface area contributed by atoms with Gasteiger partial charge >= 0.3 is 0 Å². The fourth-order valence-electron chi connectivity index (χ4n) is 1.53. The van der Waals surface area contributed by atoms with E-state index in [0.717, 1.165) is 10.0 Å². The number of allylic oxidation sites excluding steroid dienone is 1. The van der Waals surface area contributed by atoms with E-state index in [1.165, 1.54) is 6.07 Å². The van der Waals surface area contributed by atoms with Gasteiger partial charge in [0.15, 0.2) is 0 Å². The highest BCUT2D eigenvalue weighted by atomic mass is 79.9. The van der Waals surface area contributed by atoms with Crippen LogP contribution in [0.2, 0.25) is 0 Å². The van der Waals surface area contributed by atoms with Crippen LogP contribution in [-0.2, 0) is 0 Å². The number of aromatic nitrogens is 2. The van der Waals surface area contributed by atoms with Crippen molar-refractivity contribution in [2.45, 2.75) is 6.92 Å². The van der Waals surface area contributed by atoms with Crippen molar-refractivity contribution in [2.24, 2.45) is 5.10 Å². The predicted molar refractivity (Wildman–Crippen MR) is 85.1 cm³/mol. The average molecular weight is 333 g/mol. The second-order valence-corrected chi connectivity index (χ2v) is 4.96. The number of hydrogen-bond acceptors (Lipinski definition) is 4. The maximum absolute atomic E-state index is 11.2. The van der Waals surface area contributed by atoms with E-state index in [2.05, 4.69) is 36.4 Å². The topological polar surface area (TPSA) is 70.1 Å². The molecule has 0 radical (unpaired) electrons. The summed E-state index contributed by atoms with van der Waals surface area (Å²) in [6.07, 6.45) is 3.52. The zero-order valence-electron chi connectivity index (χ0n) is 10.8. The number of aryl methyl sites for hydroxylation is 1. The minimum absolute atomic E-state index is 0.214. The maximum Gasteiger partial charge on any atom is 0.252 e. The third-order valence-electron chi connectivity index (χ3n) is 2.33. The first kappa shape index (κ1) is 14.2. The lowest BCUT2D eigenvalue weighted by atomic mass is 10.2. The van der Waals surface area contributed by atoms with E-state index in [-0.39, 0.29) is 5.56 Å². The molecule has 1 aromatic heterocycles. The first-order valence-corrected chi connectivity index (χ1v) is 6.72. The van der Waals surface area contributed by atoms with Gasteiger partial charge in [0.1, 0.15) is 0 Å². The summed E-state index contributed by atoms with van der Waals surface area (Å²) in [5.41, 5.74) is 4.15. The van der Waals surface area contributed by atoms with E-state index in [1.807, 2.05) is 36.4 Å². The highest BCUT2D eigenvalue weighted by Crippen LogP contribution is 2.10. The lowest BCUT2D eigenvalue weighted by Crippen LogP contribution is -2.10. The molecule has 0 saturated heterocycles. The monoisotopic (exact) mass is 332 g/mol. The van der Waals surface area contributed by atoms with Gasteiger partial charge in [-0.15, -0.1) is 0 Å². The maximum atomic E-state index is 11.2. The van der Waals surface area contributed by atoms with E-state index in [4.69, 9.17) is 0 Å². The zero-order chi connectivity index (χ0) is 14.4. The molecular weight excluding hydrogens is 320 g/mol. The summed E-state index contributed by atoms with van der Waals surface area (Å²) in [4.78, 5) is 17.9. The van der Waals surface area contributed by atoms with E-state index in [0.29, 0.717) is 11.6 Å². The SMILES string of the molecule is Cc1cc(=O)[nH]c(N/N=C\C(Br)=C\c2ccccc2)n1. The van der Waals surface area contributed by atoms with Crippen LogP contribution in [0.25, 0.3) is 6.08 Å². The molecule has 0 aliphatic heterocycles. The minimum Gasteiger partial charge on any atom is -0.291 e. The van der Waals surface area contributed by atoms with Crippen molar-refractivity contribution < 1.29 is 0 Å². The van der Waals surface area contributed by atoms with Gasteiger partial charge < -0.3 is 0 Å². The van der Waals surface area contributed by atoms with Gasteiger partial charge in [-0.1, -0.05) is 30.3 Å². The molecule has 5 nitrogen and oxygen atoms in total. The zero-order valence-corrected chi connectivity index (χ0v) is 12.4. The number of hydrazone groups is 1. The molecule has 2 aromatic rings. The van der Waals surface area contributed by atoms with Crippen LogP contribution >= 0.6 is 15.9 Å². The van der Waals surface area contributed by atoms with Crippen LogP contribution in [0.15, 0.2) is 50.8 Å². The molecule has 2 N–H and O–H groups in total. The van der Waals surface area contributed by atoms with Crippen molar-refractivity contribution in [3.8, 4) is 0 Å². The Balaban J connectivity index is 2.03. The number of benzene rings is 1. The Morgan fingerprint density at radius 1 is 1.40 bits per heavy atom. The van der Waals surface area contributed by atoms with Gasteiger partial charge in [-0.05, 0) is 34.5 Å². The Kier molecular flexibility index (Phi) is 4.84. The second kappa shape index (κ2) is 6.81. The number of halogens is 1. The van der Waals surface area contributed by atoms with Gasteiger partial charge in [0.05, 0.1) is 6.21 Å². The lowest BCUT2D eigenvalue weighted by molar-refractivity contribution is 1.04. The van der Waals surface area contributed by atoms with E-state index >= 15 is 0 Å². The fourth-order valence-corrected chi connectivity index (χ4v) is 1.90. The van der Waals surface area contributed by atoms with Crippen LogP contribution in [0, 0.1) is 6.92 Å². The molecule has 0 atom stereocenters. The van der Waals surface area contributed by atoms with Crippen LogP contribution in [0.5, 0.6) is 0 Å². The molecule has 0 aliphatic carbocycles. The van der Waals surface area contributed by atoms with E-state index in [9.17, 15) is 4.79 Å². The smallest absolute Gasteiger partial charge is 0.252 e. The van der Waals surface area contributed by atoms with Crippen molar-refractivity contribution in [1.29, 1.82) is 0 Å². The summed E-state index contributed by atoms with van der Waals surface area (Å²) in [7, 11) is 0. The Bertz CT molecular complexity index is 692. The molecule has 0 unspecified atom stereocenters. The van der Waals surface area contributed by atoms with Crippen LogP contribution < -0.4 is 11.0 Å². The van der Waals surface area contributed by atoms with Gasteiger partial charge in [-0.3, -0.25) is 9.78 Å². The summed E-state index contributed by atoms with van der Waals surface area (Å²) in [5, 5.41) is 4.00. The van der Waals surface area contributed by atoms with Crippen molar-refractivity contribution in [3.05, 3.63) is 62.5 Å². The summed E-state index contributed by atoms with van der Waals surface area (Å²) < 4.78 is 0.797. The first-order chi connectivity index (χ1) is 9.63. The molecule has 20 heavy (non-hydrogen) atoms. The van der Waals surface area contributed by atoms with Crippen LogP contribution in [0.3, 0.4) is 0 Å². The van der Waals surface area contributed by atoms with E-state index in [1.54, 1.807) is 13.1 Å². The second-order valence-electron chi connectivity index (χ2n) is 4.05. The third kappa shape index (κ3) is 4.47. The molecule has 0 spiro atoms. The lowest BCUT2D eigenvalue weighted by Gasteiger charge is -1.99. The molecule has 1 heterocycles. The van der Waals surface area contributed by atoms with Gasteiger partial charge in [0.2, 0.25) is 5.95 Å². The summed E-state index contributed by atoms with van der Waals surface area (Å²) >= 11 is 3.40. The molecule has 102 valence electrons. The van der Waals surface area contributed by atoms with Crippen LogP contribution in [0.1, 0.15) is 11.3 Å². The Hall–Kier alpha value is -2.21. The number of nitrogens with one attached hydrogen (secondary N) is 2. The molecule has 0 saturated carbocycles. The van der Waals surface area contributed by atoms with Gasteiger partial charge in [0.25, 0.3) is 5.56 Å². The molecular formula is C14H13BrN4O. The van der Waals surface area contributed by atoms with Gasteiger partial charge in [0, 0.05) is 16.2 Å². The molecule has 0 amide bonds. The highest BCUT2D eigenvalue weighted by Gasteiger charge is 1.95. The van der Waals surface area contributed by atoms with Crippen LogP contribution in [0.4, 0.5) is 5.95 Å². The standard InChI is InChI=1S/C14H13BrN4O/c1-10-7-13(20)18-14(17-10)19-16-9-12(15)8-11-5-3-2-4-6-11/h2-9H,1H3,(H2,17,18,19,20)/b12-8-,16-9-. The number of H-pyrrole nitrogens is 1.